The van der Waals surface area contributed by atoms with Crippen molar-refractivity contribution in [1.82, 2.24) is 14.7 Å². The summed E-state index contributed by atoms with van der Waals surface area (Å²) in [6.07, 6.45) is 1.33. The predicted octanol–water partition coefficient (Wildman–Crippen LogP) is 1.85. The second-order valence-electron chi connectivity index (χ2n) is 5.32. The van der Waals surface area contributed by atoms with Crippen LogP contribution in [-0.4, -0.2) is 27.7 Å². The molecular formula is C17H16N4O4. The Morgan fingerprint density at radius 1 is 1.32 bits per heavy atom. The third-order valence-electron chi connectivity index (χ3n) is 3.47. The molecule has 1 aromatic carbocycles. The third kappa shape index (κ3) is 3.74. The van der Waals surface area contributed by atoms with Gasteiger partial charge in [0.1, 0.15) is 12.3 Å². The maximum Gasteiger partial charge on any atom is 0.254 e. The van der Waals surface area contributed by atoms with E-state index in [4.69, 9.17) is 9.26 Å². The lowest BCUT2D eigenvalue weighted by Gasteiger charge is -2.09. The van der Waals surface area contributed by atoms with Gasteiger partial charge in [-0.1, -0.05) is 17.3 Å². The summed E-state index contributed by atoms with van der Waals surface area (Å²) in [5.41, 5.74) is 1.48. The quantitative estimate of drug-likeness (QED) is 0.761. The number of hydrogen-bond acceptors (Lipinski definition) is 6. The number of carbonyl (C=O) groups is 1. The molecule has 1 N–H and O–H groups in total. The van der Waals surface area contributed by atoms with Crippen LogP contribution in [0.5, 0.6) is 5.75 Å². The average Bonchev–Trinajstić information content (AvgIpc) is 3.01. The van der Waals surface area contributed by atoms with Crippen molar-refractivity contribution in [3.63, 3.8) is 0 Å². The van der Waals surface area contributed by atoms with Gasteiger partial charge in [-0.05, 0) is 19.1 Å². The minimum Gasteiger partial charge on any atom is -0.496 e. The van der Waals surface area contributed by atoms with Crippen molar-refractivity contribution >= 4 is 11.8 Å². The number of anilines is 1. The normalized spacial score (nSPS) is 10.5. The number of nitrogens with zero attached hydrogens (tertiary/aromatic N) is 3. The summed E-state index contributed by atoms with van der Waals surface area (Å²) in [4.78, 5) is 28.5. The SMILES string of the molecule is COc1ccccc1-c1cc(=O)n(CC(=O)Nc2cc(C)no2)cn1. The van der Waals surface area contributed by atoms with Gasteiger partial charge in [-0.2, -0.15) is 0 Å². The van der Waals surface area contributed by atoms with E-state index in [9.17, 15) is 9.59 Å². The maximum absolute atomic E-state index is 12.3. The second kappa shape index (κ2) is 7.00. The number of para-hydroxylation sites is 1. The van der Waals surface area contributed by atoms with E-state index in [1.807, 2.05) is 18.2 Å². The molecule has 2 heterocycles. The minimum atomic E-state index is -0.412. The fourth-order valence-electron chi connectivity index (χ4n) is 2.30. The Morgan fingerprint density at radius 3 is 2.80 bits per heavy atom. The summed E-state index contributed by atoms with van der Waals surface area (Å²) in [7, 11) is 1.55. The van der Waals surface area contributed by atoms with E-state index in [0.29, 0.717) is 22.7 Å². The first kappa shape index (κ1) is 16.4. The molecule has 0 bridgehead atoms. The summed E-state index contributed by atoms with van der Waals surface area (Å²) in [6.45, 7) is 1.56. The minimum absolute atomic E-state index is 0.183. The fraction of sp³-hybridized carbons (Fsp3) is 0.176. The molecule has 0 aliphatic carbocycles. The van der Waals surface area contributed by atoms with E-state index in [0.717, 1.165) is 0 Å². The maximum atomic E-state index is 12.3. The zero-order valence-electron chi connectivity index (χ0n) is 13.7. The molecule has 8 heteroatoms. The number of benzene rings is 1. The molecule has 0 aliphatic heterocycles. The molecule has 0 radical (unpaired) electrons. The van der Waals surface area contributed by atoms with E-state index in [1.54, 1.807) is 26.2 Å². The van der Waals surface area contributed by atoms with Crippen LogP contribution in [-0.2, 0) is 11.3 Å². The number of carbonyl (C=O) groups excluding carboxylic acids is 1. The van der Waals surface area contributed by atoms with Crippen molar-refractivity contribution in [2.75, 3.05) is 12.4 Å². The monoisotopic (exact) mass is 340 g/mol. The molecule has 0 fully saturated rings. The van der Waals surface area contributed by atoms with E-state index < -0.39 is 5.91 Å². The van der Waals surface area contributed by atoms with Gasteiger partial charge in [0.2, 0.25) is 11.8 Å². The number of aromatic nitrogens is 3. The van der Waals surface area contributed by atoms with Crippen molar-refractivity contribution in [1.29, 1.82) is 0 Å². The first-order valence-electron chi connectivity index (χ1n) is 7.50. The summed E-state index contributed by atoms with van der Waals surface area (Å²) in [5.74, 6) is 0.435. The Hall–Kier alpha value is -3.42. The molecule has 128 valence electrons. The van der Waals surface area contributed by atoms with Crippen LogP contribution in [0.1, 0.15) is 5.69 Å². The topological polar surface area (TPSA) is 99.2 Å². The Bertz CT molecular complexity index is 961. The van der Waals surface area contributed by atoms with Crippen LogP contribution in [0.2, 0.25) is 0 Å². The van der Waals surface area contributed by atoms with Gasteiger partial charge in [0, 0.05) is 17.7 Å². The van der Waals surface area contributed by atoms with Gasteiger partial charge >= 0.3 is 0 Å². The van der Waals surface area contributed by atoms with Crippen LogP contribution >= 0.6 is 0 Å². The number of methoxy groups -OCH3 is 1. The van der Waals surface area contributed by atoms with E-state index >= 15 is 0 Å². The predicted molar refractivity (Wildman–Crippen MR) is 90.4 cm³/mol. The first-order valence-corrected chi connectivity index (χ1v) is 7.50. The van der Waals surface area contributed by atoms with Gasteiger partial charge in [0.05, 0.1) is 24.8 Å². The Labute approximate surface area is 143 Å². The van der Waals surface area contributed by atoms with Crippen molar-refractivity contribution in [3.05, 3.63) is 58.8 Å². The van der Waals surface area contributed by atoms with Crippen molar-refractivity contribution in [3.8, 4) is 17.0 Å². The van der Waals surface area contributed by atoms with Gasteiger partial charge in [0.15, 0.2) is 0 Å². The summed E-state index contributed by atoms with van der Waals surface area (Å²) in [5, 5.41) is 6.20. The van der Waals surface area contributed by atoms with Crippen LogP contribution in [0.15, 0.2) is 52.0 Å². The molecule has 1 amide bonds. The molecular weight excluding hydrogens is 324 g/mol. The lowest BCUT2D eigenvalue weighted by molar-refractivity contribution is -0.116. The van der Waals surface area contributed by atoms with Gasteiger partial charge in [-0.25, -0.2) is 4.98 Å². The van der Waals surface area contributed by atoms with Crippen LogP contribution < -0.4 is 15.6 Å². The number of hydrogen-bond donors (Lipinski definition) is 1. The summed E-state index contributed by atoms with van der Waals surface area (Å²) >= 11 is 0. The van der Waals surface area contributed by atoms with Crippen molar-refractivity contribution in [2.24, 2.45) is 0 Å². The second-order valence-corrected chi connectivity index (χ2v) is 5.32. The number of ether oxygens (including phenoxy) is 1. The average molecular weight is 340 g/mol. The van der Waals surface area contributed by atoms with E-state index in [1.165, 1.54) is 17.0 Å². The van der Waals surface area contributed by atoms with Gasteiger partial charge in [0.25, 0.3) is 5.56 Å². The number of nitrogens with one attached hydrogen (secondary N) is 1. The highest BCUT2D eigenvalue weighted by Crippen LogP contribution is 2.26. The first-order chi connectivity index (χ1) is 12.1. The van der Waals surface area contributed by atoms with Crippen LogP contribution in [0.3, 0.4) is 0 Å². The van der Waals surface area contributed by atoms with Gasteiger partial charge in [-0.3, -0.25) is 19.5 Å². The molecule has 0 atom stereocenters. The highest BCUT2D eigenvalue weighted by atomic mass is 16.5. The molecule has 2 aromatic heterocycles. The highest BCUT2D eigenvalue weighted by molar-refractivity contribution is 5.89. The Balaban J connectivity index is 1.78. The van der Waals surface area contributed by atoms with Crippen LogP contribution in [0.4, 0.5) is 5.88 Å². The number of amides is 1. The molecule has 0 unspecified atom stereocenters. The smallest absolute Gasteiger partial charge is 0.254 e. The largest absolute Gasteiger partial charge is 0.496 e. The molecule has 8 nitrogen and oxygen atoms in total. The number of aryl methyl sites for hydroxylation is 1. The standard InChI is InChI=1S/C17H16N4O4/c1-11-7-16(25-20-11)19-15(22)9-21-10-18-13(8-17(21)23)12-5-3-4-6-14(12)24-2/h3-8,10H,9H2,1-2H3,(H,19,22). The van der Waals surface area contributed by atoms with E-state index in [2.05, 4.69) is 15.5 Å². The van der Waals surface area contributed by atoms with Gasteiger partial charge < -0.3 is 9.26 Å². The molecule has 0 saturated heterocycles. The van der Waals surface area contributed by atoms with Crippen molar-refractivity contribution < 1.29 is 14.1 Å². The molecule has 3 aromatic rings. The summed E-state index contributed by atoms with van der Waals surface area (Å²) < 4.78 is 11.4. The zero-order chi connectivity index (χ0) is 17.8. The van der Waals surface area contributed by atoms with Crippen molar-refractivity contribution in [2.45, 2.75) is 13.5 Å². The van der Waals surface area contributed by atoms with Crippen LogP contribution in [0, 0.1) is 6.92 Å². The molecule has 25 heavy (non-hydrogen) atoms. The number of rotatable bonds is 5. The molecule has 0 spiro atoms. The zero-order valence-corrected chi connectivity index (χ0v) is 13.7. The summed E-state index contributed by atoms with van der Waals surface area (Å²) in [6, 6.07) is 10.2. The molecule has 3 rings (SSSR count). The highest BCUT2D eigenvalue weighted by Gasteiger charge is 2.11. The Kier molecular flexibility index (Phi) is 4.60. The molecule has 0 saturated carbocycles. The molecule has 0 aliphatic rings. The lowest BCUT2D eigenvalue weighted by Crippen LogP contribution is -2.27. The van der Waals surface area contributed by atoms with Crippen LogP contribution in [0.25, 0.3) is 11.3 Å². The third-order valence-corrected chi connectivity index (χ3v) is 3.47. The van der Waals surface area contributed by atoms with Gasteiger partial charge in [-0.15, -0.1) is 0 Å². The fourth-order valence-corrected chi connectivity index (χ4v) is 2.30. The van der Waals surface area contributed by atoms with E-state index in [-0.39, 0.29) is 18.0 Å². The Morgan fingerprint density at radius 2 is 2.12 bits per heavy atom. The lowest BCUT2D eigenvalue weighted by atomic mass is 10.1.